The standard InChI is InChI=1S/C17H13F6N5O2.C16H20BF4NO3.C16H10ClF6N5O.C6H4Cl2F4O3.C6H2Cl2F2N4.C4H5ClN4.CF3O2S.3CH4.Ag.O/c1-29-16(19,20)14-26-25-12-4-3-11(27-28(12)14)9-7-10(18)13(24-8-9)30-15(5-2-6-15)17(21,22)23;1-13(2)14(3,4)25-17(24-13)10-8-11(18)12(22-9-10)23-15(6-5-7-15)16(19,20)21;17-15(19,20)13-26-25-11-3-2-10(27-28(11)13)8-6-9(18)12(24-7-8)29-14(4-1-5-14)16(21,22)23;7-5(9,10)1-3(13)15-4(14)2-6(8,11)12;7-3-1-2-4-11-12-5(6(8,9)10)14(4)13-3;5-3-1-2-4(7-6)9-8-3;2-1(3,4)7(5)6;;;;;/h3-4,7-8H,2,5-6H2,1H3;8-9H,5-7H2,1-4H3;2-3,6-7H,1,4-5H2;1-2H2;1-2H;1-2H,6H2,(H,7,9);;3*1H4;;/q;;;;;;-1;;;;;. The van der Waals surface area contributed by atoms with Gasteiger partial charge in [-0.1, -0.05) is 45.5 Å². The number of carbonyl (C=O) groups is 2. The molecule has 14 rings (SSSR count). The van der Waals surface area contributed by atoms with Gasteiger partial charge in [0.2, 0.25) is 28.5 Å². The molecule has 4 fully saturated rings. The Morgan fingerprint density at radius 2 is 0.813 bits per heavy atom. The summed E-state index contributed by atoms with van der Waals surface area (Å²) in [5.74, 6) is -6.02. The van der Waals surface area contributed by atoms with Crippen LogP contribution in [0.5, 0.6) is 17.6 Å². The SMILES string of the molecule is C.C.C.CC1(C)OB(c2cnc(OC3(C(F)(F)F)CCC3)c(F)c2)OC1(C)C.COC(F)(F)c1nnc2ccc(-c3cnc(OC4(C(F)(F)F)CCC4)c(F)c3)nn12.FC(F)(Cl)c1nnc2ccc(Cl)nn12.Fc1cc(-c2ccc3nnc(C(F)(F)Cl)n3n2)cnc1OC1(C(F)(F)F)CCC1.NNc1ccc(Cl)nn1.O=C(CC(F)(F)Cl)OC(=O)CC(F)(F)Cl.O=[S-](=O)C(F)(F)F.[O]=[Ag]. The van der Waals surface area contributed by atoms with Gasteiger partial charge in [0.05, 0.1) is 22.6 Å². The van der Waals surface area contributed by atoms with Crippen molar-refractivity contribution in [3.05, 3.63) is 131 Å². The zero-order chi connectivity index (χ0) is 98.8. The second kappa shape index (κ2) is 45.5. The van der Waals surface area contributed by atoms with Crippen LogP contribution in [-0.2, 0) is 88.7 Å². The molecule has 3 N–H and O–H groups in total. The first kappa shape index (κ1) is 117. The molecule has 1 saturated heterocycles. The molecule has 10 aromatic heterocycles. The number of esters is 2. The van der Waals surface area contributed by atoms with E-state index in [0.29, 0.717) is 39.3 Å². The number of aromatic nitrogens is 17. The number of fused-ring (bicyclic) bond motifs is 3. The van der Waals surface area contributed by atoms with Crippen LogP contribution in [0.3, 0.4) is 0 Å². The summed E-state index contributed by atoms with van der Waals surface area (Å²) in [5, 5.41) is 24.0. The maximum absolute atomic E-state index is 14.4. The molecule has 0 spiro atoms. The Morgan fingerprint density at radius 3 is 1.10 bits per heavy atom. The van der Waals surface area contributed by atoms with E-state index in [1.807, 2.05) is 27.7 Å². The van der Waals surface area contributed by atoms with Gasteiger partial charge in [-0.15, -0.1) is 40.8 Å². The Kier molecular flexibility index (Phi) is 39.8. The molecule has 4 aliphatic rings. The summed E-state index contributed by atoms with van der Waals surface area (Å²) < 4.78 is 383. The fourth-order valence-electron chi connectivity index (χ4n) is 10.5. The molecule has 65 heteroatoms. The number of carbonyl (C=O) groups excluding carboxylic acids is 2. The van der Waals surface area contributed by atoms with Crippen LogP contribution in [0.1, 0.15) is 138 Å². The number of nitrogens with zero attached hydrogens (tertiary/aromatic N) is 17. The van der Waals surface area contributed by atoms with Crippen LogP contribution in [0.15, 0.2) is 85.3 Å². The van der Waals surface area contributed by atoms with Crippen molar-refractivity contribution in [1.82, 2.24) is 84.6 Å². The van der Waals surface area contributed by atoms with Gasteiger partial charge >= 0.3 is 95.0 Å². The molecule has 31 nitrogen and oxygen atoms in total. The summed E-state index contributed by atoms with van der Waals surface area (Å²) in [6.07, 6.45) is -18.1. The van der Waals surface area contributed by atoms with Gasteiger partial charge in [0.25, 0.3) is 23.5 Å². The van der Waals surface area contributed by atoms with E-state index in [1.165, 1.54) is 42.6 Å². The van der Waals surface area contributed by atoms with E-state index in [9.17, 15) is 119 Å². The first-order valence-corrected chi connectivity index (χ1v) is 39.3. The molecule has 0 aromatic carbocycles. The van der Waals surface area contributed by atoms with Crippen molar-refractivity contribution >= 4 is 128 Å². The summed E-state index contributed by atoms with van der Waals surface area (Å²) in [6.45, 7) is 7.38. The van der Waals surface area contributed by atoms with Crippen molar-refractivity contribution in [3.8, 4) is 40.2 Å². The van der Waals surface area contributed by atoms with Crippen molar-refractivity contribution in [2.45, 2.75) is 200 Å². The third-order valence-electron chi connectivity index (χ3n) is 18.1. The van der Waals surface area contributed by atoms with Gasteiger partial charge in [-0.2, -0.15) is 125 Å². The summed E-state index contributed by atoms with van der Waals surface area (Å²) in [6, 6.07) is 14.1. The summed E-state index contributed by atoms with van der Waals surface area (Å²) in [7, 11) is -4.00. The van der Waals surface area contributed by atoms with E-state index in [-0.39, 0.29) is 111 Å². The van der Waals surface area contributed by atoms with E-state index in [4.69, 9.17) is 87.4 Å². The zero-order valence-corrected chi connectivity index (χ0v) is 72.3. The molecule has 134 heavy (non-hydrogen) atoms. The number of hydrogen-bond donors (Lipinski definition) is 2. The third kappa shape index (κ3) is 30.2. The number of ether oxygens (including phenoxy) is 5. The number of nitrogens with one attached hydrogen (secondary N) is 1. The van der Waals surface area contributed by atoms with E-state index < -0.39 is 175 Å². The Balaban J connectivity index is 0.000000340. The van der Waals surface area contributed by atoms with Crippen LogP contribution in [0, 0.1) is 17.5 Å². The molecule has 0 amide bonds. The average Bonchev–Trinajstić information content (AvgIpc) is 1.13. The summed E-state index contributed by atoms with van der Waals surface area (Å²) >= 11 is 31.1. The minimum atomic E-state index is -5.08. The molecule has 0 unspecified atom stereocenters. The fraction of sp³-hybridized carbons (Fsp3) is 0.478. The number of methoxy groups -OCH3 is 1. The van der Waals surface area contributed by atoms with Gasteiger partial charge in [-0.25, -0.2) is 34.0 Å². The molecular formula is C69H66AgBCl6F25N19O12S-. The summed E-state index contributed by atoms with van der Waals surface area (Å²) in [4.78, 5) is 31.9. The third-order valence-corrected chi connectivity index (χ3v) is 19.5. The van der Waals surface area contributed by atoms with Gasteiger partial charge < -0.3 is 46.8 Å². The number of alkyl halides is 26. The number of halogens is 31. The van der Waals surface area contributed by atoms with Crippen LogP contribution < -0.4 is 30.9 Å². The van der Waals surface area contributed by atoms with Crippen LogP contribution in [-0.4, -0.2) is 174 Å². The zero-order valence-electron chi connectivity index (χ0n) is 65.4. The van der Waals surface area contributed by atoms with Gasteiger partial charge in [0.1, 0.15) is 18.0 Å². The van der Waals surface area contributed by atoms with Gasteiger partial charge in [0, 0.05) is 53.0 Å². The number of nitrogens with two attached hydrogens (primary N) is 1. The molecule has 1 aliphatic heterocycles. The monoisotopic (exact) mass is 2190 g/mol. The van der Waals surface area contributed by atoms with Crippen LogP contribution in [0.4, 0.5) is 116 Å². The quantitative estimate of drug-likeness (QED) is 0.0118. The number of anilines is 1. The number of rotatable bonds is 18. The molecule has 10 aromatic rings. The second-order valence-corrected chi connectivity index (χ2v) is 31.5. The van der Waals surface area contributed by atoms with Crippen molar-refractivity contribution < 1.29 is 185 Å². The molecular weight excluding hydrogens is 2130 g/mol. The van der Waals surface area contributed by atoms with Gasteiger partial charge in [-0.05, 0) is 199 Å². The van der Waals surface area contributed by atoms with Crippen molar-refractivity contribution in [1.29, 1.82) is 0 Å². The molecule has 3 saturated carbocycles. The molecule has 3 aliphatic carbocycles. The van der Waals surface area contributed by atoms with E-state index in [0.717, 1.165) is 42.2 Å². The first-order chi connectivity index (χ1) is 60.2. The Hall–Kier alpha value is -9.09. The van der Waals surface area contributed by atoms with Crippen LogP contribution >= 0.6 is 69.6 Å². The van der Waals surface area contributed by atoms with Gasteiger partial charge in [0.15, 0.2) is 45.4 Å². The molecule has 0 radical (unpaired) electrons. The molecule has 0 atom stereocenters. The van der Waals surface area contributed by atoms with E-state index >= 15 is 0 Å². The first-order valence-electron chi connectivity index (χ1n) is 35.3. The van der Waals surface area contributed by atoms with Gasteiger partial charge in [-0.3, -0.25) is 9.59 Å². The van der Waals surface area contributed by atoms with E-state index in [2.05, 4.69) is 109 Å². The normalized spacial score (nSPS) is 15.8. The predicted octanol–water partition coefficient (Wildman–Crippen LogP) is 19.3. The minimum absolute atomic E-state index is 0. The van der Waals surface area contributed by atoms with Crippen molar-refractivity contribution in [2.24, 2.45) is 5.84 Å². The number of nitrogen functional groups attached to an aromatic ring is 1. The topological polar surface area (TPSA) is 382 Å². The maximum atomic E-state index is 14.4. The Morgan fingerprint density at radius 1 is 0.485 bits per heavy atom. The van der Waals surface area contributed by atoms with Crippen LogP contribution in [0.2, 0.25) is 10.3 Å². The number of hydrogen-bond acceptors (Lipinski definition) is 29. The fourth-order valence-corrected chi connectivity index (χ4v) is 11.2. The Labute approximate surface area is 782 Å². The van der Waals surface area contributed by atoms with Crippen molar-refractivity contribution in [3.63, 3.8) is 0 Å². The number of hydrazine groups is 1. The summed E-state index contributed by atoms with van der Waals surface area (Å²) in [5.41, 5.74) is -10.8. The van der Waals surface area contributed by atoms with Crippen molar-refractivity contribution in [2.75, 3.05) is 12.5 Å². The molecule has 747 valence electrons. The molecule has 0 bridgehead atoms. The predicted molar refractivity (Wildman–Crippen MR) is 416 cm³/mol. The van der Waals surface area contributed by atoms with Crippen LogP contribution in [0.25, 0.3) is 39.5 Å². The number of pyridine rings is 3. The average molecular weight is 2190 g/mol. The second-order valence-electron chi connectivity index (χ2n) is 27.7. The Bertz CT molecular complexity index is 5670. The molecule has 11 heterocycles. The van der Waals surface area contributed by atoms with E-state index in [1.54, 1.807) is 33.2 Å².